The fourth-order valence-corrected chi connectivity index (χ4v) is 3.00. The highest BCUT2D eigenvalue weighted by Crippen LogP contribution is 2.30. The molecule has 0 bridgehead atoms. The molecule has 0 aliphatic carbocycles. The molecule has 0 heterocycles. The van der Waals surface area contributed by atoms with Gasteiger partial charge in [-0.25, -0.2) is 0 Å². The molecule has 0 aromatic heterocycles. The Morgan fingerprint density at radius 2 is 1.36 bits per heavy atom. The van der Waals surface area contributed by atoms with E-state index in [1.54, 1.807) is 12.1 Å². The van der Waals surface area contributed by atoms with Gasteiger partial charge in [0.2, 0.25) is 0 Å². The van der Waals surface area contributed by atoms with Crippen molar-refractivity contribution in [2.75, 3.05) is 19.8 Å². The molecule has 162 valence electrons. The van der Waals surface area contributed by atoms with Gasteiger partial charge in [-0.15, -0.1) is 0 Å². The fourth-order valence-electron chi connectivity index (χ4n) is 3.00. The number of phenolic OH excluding ortho intramolecular Hbond substituents is 1. The molecular weight excluding hydrogens is 356 g/mol. The largest absolute Gasteiger partial charge is 0.508 e. The van der Waals surface area contributed by atoms with Crippen molar-refractivity contribution in [3.8, 4) is 11.5 Å². The predicted molar refractivity (Wildman–Crippen MR) is 113 cm³/mol. The summed E-state index contributed by atoms with van der Waals surface area (Å²) in [4.78, 5) is 0. The molecule has 0 spiro atoms. The maximum Gasteiger partial charge on any atom is 0.181 e. The Bertz CT molecular complexity index is 507. The molecule has 5 heteroatoms. The van der Waals surface area contributed by atoms with Crippen LogP contribution in [0.15, 0.2) is 12.1 Å². The Labute approximate surface area is 171 Å². The highest BCUT2D eigenvalue weighted by molar-refractivity contribution is 5.47. The number of unbranched alkanes of at least 4 members (excludes halogenated alkanes) is 2. The first-order chi connectivity index (χ1) is 13.4. The van der Waals surface area contributed by atoms with Gasteiger partial charge in [0.05, 0.1) is 25.4 Å². The molecule has 0 saturated heterocycles. The summed E-state index contributed by atoms with van der Waals surface area (Å²) in [5.74, 6) is 1.26. The lowest BCUT2D eigenvalue weighted by Gasteiger charge is -2.22. The van der Waals surface area contributed by atoms with E-state index in [1.807, 2.05) is 27.7 Å². The van der Waals surface area contributed by atoms with Crippen molar-refractivity contribution in [1.82, 2.24) is 0 Å². The quantitative estimate of drug-likeness (QED) is 0.324. The second-order valence-electron chi connectivity index (χ2n) is 7.58. The molecule has 0 aliphatic rings. The van der Waals surface area contributed by atoms with E-state index in [0.717, 1.165) is 49.0 Å². The van der Waals surface area contributed by atoms with Crippen molar-refractivity contribution in [3.05, 3.63) is 23.3 Å². The van der Waals surface area contributed by atoms with Crippen LogP contribution in [-0.4, -0.2) is 43.4 Å². The lowest BCUT2D eigenvalue weighted by Crippen LogP contribution is -2.29. The van der Waals surface area contributed by atoms with Crippen molar-refractivity contribution in [2.24, 2.45) is 0 Å². The molecule has 0 fully saturated rings. The summed E-state index contributed by atoms with van der Waals surface area (Å²) in [5, 5.41) is 9.82. The van der Waals surface area contributed by atoms with E-state index < -0.39 is 0 Å². The van der Waals surface area contributed by atoms with E-state index in [4.69, 9.17) is 18.9 Å². The van der Waals surface area contributed by atoms with Crippen LogP contribution in [0.5, 0.6) is 11.5 Å². The molecule has 0 amide bonds. The molecule has 0 radical (unpaired) electrons. The number of hydrogen-bond donors (Lipinski definition) is 1. The number of phenols is 1. The van der Waals surface area contributed by atoms with Crippen molar-refractivity contribution in [1.29, 1.82) is 0 Å². The van der Waals surface area contributed by atoms with Crippen LogP contribution in [0.2, 0.25) is 0 Å². The zero-order chi connectivity index (χ0) is 20.9. The smallest absolute Gasteiger partial charge is 0.181 e. The summed E-state index contributed by atoms with van der Waals surface area (Å²) in [5.41, 5.74) is 2.14. The number of aryl methyl sites for hydroxylation is 2. The number of ether oxygens (including phenoxy) is 4. The summed E-state index contributed by atoms with van der Waals surface area (Å²) < 4.78 is 23.2. The highest BCUT2D eigenvalue weighted by Gasteiger charge is 2.14. The maximum absolute atomic E-state index is 9.82. The van der Waals surface area contributed by atoms with Crippen LogP contribution in [0, 0.1) is 0 Å². The molecule has 0 unspecified atom stereocenters. The van der Waals surface area contributed by atoms with Crippen LogP contribution in [0.4, 0.5) is 0 Å². The minimum absolute atomic E-state index is 0.116. The lowest BCUT2D eigenvalue weighted by molar-refractivity contribution is -0.204. The van der Waals surface area contributed by atoms with E-state index in [0.29, 0.717) is 25.6 Å². The Hall–Kier alpha value is -1.30. The molecular formula is C23H40O5. The van der Waals surface area contributed by atoms with Gasteiger partial charge in [0.25, 0.3) is 0 Å². The predicted octanol–water partition coefficient (Wildman–Crippen LogP) is 5.26. The van der Waals surface area contributed by atoms with Gasteiger partial charge in [-0.3, -0.25) is 0 Å². The molecule has 28 heavy (non-hydrogen) atoms. The Morgan fingerprint density at radius 1 is 0.821 bits per heavy atom. The third kappa shape index (κ3) is 9.76. The summed E-state index contributed by atoms with van der Waals surface area (Å²) in [6.07, 6.45) is 4.63. The number of hydrogen-bond acceptors (Lipinski definition) is 5. The first kappa shape index (κ1) is 24.7. The third-order valence-electron chi connectivity index (χ3n) is 4.27. The van der Waals surface area contributed by atoms with E-state index in [2.05, 4.69) is 13.8 Å². The average molecular weight is 397 g/mol. The van der Waals surface area contributed by atoms with Gasteiger partial charge in [0.15, 0.2) is 6.29 Å². The second-order valence-corrected chi connectivity index (χ2v) is 7.58. The molecule has 1 aromatic carbocycles. The third-order valence-corrected chi connectivity index (χ3v) is 4.27. The Balaban J connectivity index is 2.26. The second kappa shape index (κ2) is 13.8. The zero-order valence-electron chi connectivity index (χ0n) is 18.6. The lowest BCUT2D eigenvalue weighted by atomic mass is 10.0. The monoisotopic (exact) mass is 396 g/mol. The first-order valence-electron chi connectivity index (χ1n) is 10.7. The summed E-state index contributed by atoms with van der Waals surface area (Å²) >= 11 is 0. The normalized spacial score (nSPS) is 11.8. The molecule has 0 atom stereocenters. The standard InChI is InChI=1S/C23H40O5/c1-7-19-14-21(24)15-20(8-2)23(19)26-13-11-9-10-12-25-16-22(27-17(3)4)28-18(5)6/h14-15,17-18,22,24H,7-13,16H2,1-6H3. The van der Waals surface area contributed by atoms with Crippen molar-refractivity contribution in [3.63, 3.8) is 0 Å². The van der Waals surface area contributed by atoms with Crippen LogP contribution < -0.4 is 4.74 Å². The van der Waals surface area contributed by atoms with E-state index in [9.17, 15) is 5.11 Å². The minimum Gasteiger partial charge on any atom is -0.508 e. The van der Waals surface area contributed by atoms with Gasteiger partial charge in [0, 0.05) is 6.61 Å². The van der Waals surface area contributed by atoms with Crippen molar-refractivity contribution < 1.29 is 24.1 Å². The van der Waals surface area contributed by atoms with Gasteiger partial charge in [-0.2, -0.15) is 0 Å². The van der Waals surface area contributed by atoms with Gasteiger partial charge in [0.1, 0.15) is 11.5 Å². The molecule has 1 N–H and O–H groups in total. The van der Waals surface area contributed by atoms with E-state index in [-0.39, 0.29) is 18.5 Å². The van der Waals surface area contributed by atoms with Crippen LogP contribution in [0.25, 0.3) is 0 Å². The summed E-state index contributed by atoms with van der Waals surface area (Å²) in [6.45, 7) is 14.0. The van der Waals surface area contributed by atoms with Crippen LogP contribution in [-0.2, 0) is 27.1 Å². The van der Waals surface area contributed by atoms with Crippen molar-refractivity contribution >= 4 is 0 Å². The summed E-state index contributed by atoms with van der Waals surface area (Å²) in [7, 11) is 0. The van der Waals surface area contributed by atoms with Gasteiger partial charge < -0.3 is 24.1 Å². The fraction of sp³-hybridized carbons (Fsp3) is 0.739. The minimum atomic E-state index is -0.308. The maximum atomic E-state index is 9.82. The van der Waals surface area contributed by atoms with Gasteiger partial charge in [-0.05, 0) is 83.1 Å². The average Bonchev–Trinajstić information content (AvgIpc) is 2.62. The van der Waals surface area contributed by atoms with E-state index in [1.165, 1.54) is 0 Å². The topological polar surface area (TPSA) is 57.2 Å². The molecule has 5 nitrogen and oxygen atoms in total. The highest BCUT2D eigenvalue weighted by atomic mass is 16.7. The number of rotatable bonds is 15. The van der Waals surface area contributed by atoms with Crippen LogP contribution in [0.3, 0.4) is 0 Å². The molecule has 0 aliphatic heterocycles. The Morgan fingerprint density at radius 3 is 1.86 bits per heavy atom. The van der Waals surface area contributed by atoms with E-state index >= 15 is 0 Å². The van der Waals surface area contributed by atoms with Crippen LogP contribution in [0.1, 0.15) is 71.9 Å². The van der Waals surface area contributed by atoms with Crippen LogP contribution >= 0.6 is 0 Å². The number of benzene rings is 1. The molecule has 1 aromatic rings. The number of aromatic hydroxyl groups is 1. The molecule has 1 rings (SSSR count). The SMILES string of the molecule is CCc1cc(O)cc(CC)c1OCCCCCOCC(OC(C)C)OC(C)C. The van der Waals surface area contributed by atoms with Crippen molar-refractivity contribution in [2.45, 2.75) is 92.1 Å². The summed E-state index contributed by atoms with van der Waals surface area (Å²) in [6, 6.07) is 3.61. The zero-order valence-corrected chi connectivity index (χ0v) is 18.6. The molecule has 0 saturated carbocycles. The Kier molecular flexibility index (Phi) is 12.2. The van der Waals surface area contributed by atoms with Gasteiger partial charge >= 0.3 is 0 Å². The van der Waals surface area contributed by atoms with Gasteiger partial charge in [-0.1, -0.05) is 13.8 Å². The first-order valence-corrected chi connectivity index (χ1v) is 10.7.